The first-order valence-corrected chi connectivity index (χ1v) is 7.30. The number of primary amides is 1. The molecule has 0 heterocycles. The molecule has 2 amide bonds. The maximum atomic E-state index is 12.4. The van der Waals surface area contributed by atoms with Crippen LogP contribution < -0.4 is 11.1 Å². The molecule has 4 heteroatoms. The topological polar surface area (TPSA) is 72.2 Å². The third-order valence-corrected chi connectivity index (χ3v) is 3.73. The van der Waals surface area contributed by atoms with Crippen LogP contribution in [0.15, 0.2) is 66.7 Å². The first-order chi connectivity index (χ1) is 11.1. The molecule has 0 unspecified atom stereocenters. The van der Waals surface area contributed by atoms with Crippen molar-refractivity contribution in [2.45, 2.75) is 6.54 Å². The zero-order chi connectivity index (χ0) is 16.2. The first-order valence-electron chi connectivity index (χ1n) is 7.30. The Morgan fingerprint density at radius 1 is 0.870 bits per heavy atom. The van der Waals surface area contributed by atoms with Crippen LogP contribution in [0.2, 0.25) is 0 Å². The summed E-state index contributed by atoms with van der Waals surface area (Å²) in [6.45, 7) is 0.390. The van der Waals surface area contributed by atoms with Crippen LogP contribution in [0.4, 0.5) is 0 Å². The third kappa shape index (κ3) is 3.21. The number of nitrogens with two attached hydrogens (primary N) is 1. The molecule has 4 nitrogen and oxygen atoms in total. The summed E-state index contributed by atoms with van der Waals surface area (Å²) in [5.41, 5.74) is 7.22. The highest BCUT2D eigenvalue weighted by Gasteiger charge is 2.09. The van der Waals surface area contributed by atoms with Crippen LogP contribution in [-0.4, -0.2) is 11.8 Å². The predicted molar refractivity (Wildman–Crippen MR) is 90.1 cm³/mol. The number of nitrogens with one attached hydrogen (secondary N) is 1. The van der Waals surface area contributed by atoms with Gasteiger partial charge in [0.05, 0.1) is 0 Å². The van der Waals surface area contributed by atoms with Crippen LogP contribution in [0.25, 0.3) is 10.8 Å². The second-order valence-electron chi connectivity index (χ2n) is 5.27. The van der Waals surface area contributed by atoms with Crippen LogP contribution in [0.1, 0.15) is 26.3 Å². The standard InChI is InChI=1S/C19H16N2O2/c20-18(22)15-10-8-13(9-11-15)12-21-19(23)17-7-3-5-14-4-1-2-6-16(14)17/h1-11H,12H2,(H2,20,22)(H,21,23). The Kier molecular flexibility index (Phi) is 4.06. The van der Waals surface area contributed by atoms with Gasteiger partial charge in [-0.25, -0.2) is 0 Å². The molecule has 0 bridgehead atoms. The second kappa shape index (κ2) is 6.32. The van der Waals surface area contributed by atoms with Gasteiger partial charge in [-0.1, -0.05) is 48.5 Å². The van der Waals surface area contributed by atoms with E-state index < -0.39 is 5.91 Å². The fourth-order valence-corrected chi connectivity index (χ4v) is 2.49. The molecule has 0 fully saturated rings. The van der Waals surface area contributed by atoms with Gasteiger partial charge in [0.25, 0.3) is 5.91 Å². The molecular weight excluding hydrogens is 288 g/mol. The van der Waals surface area contributed by atoms with Crippen molar-refractivity contribution in [1.82, 2.24) is 5.32 Å². The maximum Gasteiger partial charge on any atom is 0.252 e. The van der Waals surface area contributed by atoms with E-state index in [9.17, 15) is 9.59 Å². The van der Waals surface area contributed by atoms with E-state index in [4.69, 9.17) is 5.73 Å². The molecule has 0 aliphatic rings. The van der Waals surface area contributed by atoms with Gasteiger partial charge in [0.15, 0.2) is 0 Å². The number of rotatable bonds is 4. The molecule has 0 saturated carbocycles. The minimum absolute atomic E-state index is 0.124. The van der Waals surface area contributed by atoms with Crippen LogP contribution in [0.3, 0.4) is 0 Å². The molecule has 0 radical (unpaired) electrons. The lowest BCUT2D eigenvalue weighted by Gasteiger charge is -2.08. The van der Waals surface area contributed by atoms with Gasteiger partial charge in [-0.05, 0) is 34.5 Å². The van der Waals surface area contributed by atoms with E-state index in [-0.39, 0.29) is 5.91 Å². The molecule has 23 heavy (non-hydrogen) atoms. The molecule has 3 rings (SSSR count). The maximum absolute atomic E-state index is 12.4. The van der Waals surface area contributed by atoms with Crippen molar-refractivity contribution in [1.29, 1.82) is 0 Å². The fourth-order valence-electron chi connectivity index (χ4n) is 2.49. The number of hydrogen-bond acceptors (Lipinski definition) is 2. The number of amides is 2. The monoisotopic (exact) mass is 304 g/mol. The highest BCUT2D eigenvalue weighted by molar-refractivity contribution is 6.07. The van der Waals surface area contributed by atoms with Gasteiger partial charge in [0.2, 0.25) is 5.91 Å². The summed E-state index contributed by atoms with van der Waals surface area (Å²) in [5, 5.41) is 4.86. The highest BCUT2D eigenvalue weighted by Crippen LogP contribution is 2.18. The molecule has 0 atom stereocenters. The lowest BCUT2D eigenvalue weighted by atomic mass is 10.0. The van der Waals surface area contributed by atoms with Gasteiger partial charge in [0.1, 0.15) is 0 Å². The van der Waals surface area contributed by atoms with E-state index in [0.717, 1.165) is 16.3 Å². The van der Waals surface area contributed by atoms with E-state index in [1.54, 1.807) is 24.3 Å². The van der Waals surface area contributed by atoms with Gasteiger partial charge in [-0.15, -0.1) is 0 Å². The minimum Gasteiger partial charge on any atom is -0.366 e. The average Bonchev–Trinajstić information content (AvgIpc) is 2.59. The number of fused-ring (bicyclic) bond motifs is 1. The van der Waals surface area contributed by atoms with E-state index in [1.807, 2.05) is 42.5 Å². The summed E-state index contributed by atoms with van der Waals surface area (Å²) < 4.78 is 0. The molecule has 3 aromatic rings. The van der Waals surface area contributed by atoms with Crippen molar-refractivity contribution in [2.24, 2.45) is 5.73 Å². The van der Waals surface area contributed by atoms with Gasteiger partial charge in [-0.2, -0.15) is 0 Å². The fraction of sp³-hybridized carbons (Fsp3) is 0.0526. The zero-order valence-electron chi connectivity index (χ0n) is 12.5. The van der Waals surface area contributed by atoms with Crippen molar-refractivity contribution in [3.8, 4) is 0 Å². The Morgan fingerprint density at radius 2 is 1.57 bits per heavy atom. The van der Waals surface area contributed by atoms with Gasteiger partial charge in [0, 0.05) is 17.7 Å². The third-order valence-electron chi connectivity index (χ3n) is 3.73. The van der Waals surface area contributed by atoms with E-state index >= 15 is 0 Å². The molecule has 0 spiro atoms. The number of carbonyl (C=O) groups excluding carboxylic acids is 2. The lowest BCUT2D eigenvalue weighted by Crippen LogP contribution is -2.23. The summed E-state index contributed by atoms with van der Waals surface area (Å²) in [6, 6.07) is 20.3. The van der Waals surface area contributed by atoms with Crippen molar-refractivity contribution < 1.29 is 9.59 Å². The Hall–Kier alpha value is -3.14. The molecule has 3 N–H and O–H groups in total. The van der Waals surface area contributed by atoms with Crippen LogP contribution in [-0.2, 0) is 6.54 Å². The molecular formula is C19H16N2O2. The Bertz CT molecular complexity index is 865. The summed E-state index contributed by atoms with van der Waals surface area (Å²) in [6.07, 6.45) is 0. The van der Waals surface area contributed by atoms with Crippen molar-refractivity contribution in [3.63, 3.8) is 0 Å². The summed E-state index contributed by atoms with van der Waals surface area (Å²) >= 11 is 0. The normalized spacial score (nSPS) is 10.4. The van der Waals surface area contributed by atoms with Gasteiger partial charge < -0.3 is 11.1 Å². The lowest BCUT2D eigenvalue weighted by molar-refractivity contribution is 0.0951. The first kappa shape index (κ1) is 14.8. The summed E-state index contributed by atoms with van der Waals surface area (Å²) in [5.74, 6) is -0.586. The van der Waals surface area contributed by atoms with Crippen LogP contribution in [0, 0.1) is 0 Å². The zero-order valence-corrected chi connectivity index (χ0v) is 12.5. The number of benzene rings is 3. The predicted octanol–water partition coefficient (Wildman–Crippen LogP) is 2.87. The minimum atomic E-state index is -0.462. The quantitative estimate of drug-likeness (QED) is 0.778. The molecule has 0 aliphatic heterocycles. The summed E-state index contributed by atoms with van der Waals surface area (Å²) in [7, 11) is 0. The van der Waals surface area contributed by atoms with E-state index in [2.05, 4.69) is 5.32 Å². The smallest absolute Gasteiger partial charge is 0.252 e. The molecule has 114 valence electrons. The van der Waals surface area contributed by atoms with Gasteiger partial charge >= 0.3 is 0 Å². The average molecular weight is 304 g/mol. The highest BCUT2D eigenvalue weighted by atomic mass is 16.2. The largest absolute Gasteiger partial charge is 0.366 e. The number of hydrogen-bond donors (Lipinski definition) is 2. The van der Waals surface area contributed by atoms with Gasteiger partial charge in [-0.3, -0.25) is 9.59 Å². The Labute approximate surface area is 133 Å². The number of carbonyl (C=O) groups is 2. The Balaban J connectivity index is 1.75. The van der Waals surface area contributed by atoms with E-state index in [1.165, 1.54) is 0 Å². The summed E-state index contributed by atoms with van der Waals surface area (Å²) in [4.78, 5) is 23.5. The van der Waals surface area contributed by atoms with E-state index in [0.29, 0.717) is 17.7 Å². The van der Waals surface area contributed by atoms with Crippen LogP contribution in [0.5, 0.6) is 0 Å². The molecule has 3 aromatic carbocycles. The van der Waals surface area contributed by atoms with Crippen LogP contribution >= 0.6 is 0 Å². The van der Waals surface area contributed by atoms with Crippen molar-refractivity contribution >= 4 is 22.6 Å². The molecule has 0 saturated heterocycles. The van der Waals surface area contributed by atoms with Crippen molar-refractivity contribution in [2.75, 3.05) is 0 Å². The second-order valence-corrected chi connectivity index (χ2v) is 5.27. The Morgan fingerprint density at radius 3 is 2.30 bits per heavy atom. The molecule has 0 aromatic heterocycles. The molecule has 0 aliphatic carbocycles. The SMILES string of the molecule is NC(=O)c1ccc(CNC(=O)c2cccc3ccccc23)cc1. The van der Waals surface area contributed by atoms with Crippen molar-refractivity contribution in [3.05, 3.63) is 83.4 Å².